The molecule has 2 unspecified atom stereocenters. The molecule has 0 radical (unpaired) electrons. The first-order chi connectivity index (χ1) is 8.45. The van der Waals surface area contributed by atoms with Crippen molar-refractivity contribution in [3.63, 3.8) is 0 Å². The quantitative estimate of drug-likeness (QED) is 0.743. The molecule has 0 aliphatic carbocycles. The topological polar surface area (TPSA) is 87.0 Å². The van der Waals surface area contributed by atoms with Gasteiger partial charge in [0.2, 0.25) is 0 Å². The van der Waals surface area contributed by atoms with Crippen LogP contribution in [-0.2, 0) is 4.79 Å². The lowest BCUT2D eigenvalue weighted by Gasteiger charge is -2.18. The van der Waals surface area contributed by atoms with E-state index < -0.39 is 12.2 Å². The zero-order chi connectivity index (χ0) is 13.7. The van der Waals surface area contributed by atoms with Crippen molar-refractivity contribution in [2.24, 2.45) is 0 Å². The summed E-state index contributed by atoms with van der Waals surface area (Å²) in [6, 6.07) is 4.37. The van der Waals surface area contributed by atoms with Crippen LogP contribution < -0.4 is 4.74 Å². The molecule has 1 rings (SSSR count). The Morgan fingerprint density at radius 1 is 1.44 bits per heavy atom. The third-order valence-electron chi connectivity index (χ3n) is 2.37. The molecule has 0 heterocycles. The number of carbonyl (C=O) groups excluding carboxylic acids is 1. The summed E-state index contributed by atoms with van der Waals surface area (Å²) in [5, 5.41) is 29.0. The highest BCUT2D eigenvalue weighted by Gasteiger charge is 2.20. The Balaban J connectivity index is 2.74. The lowest BCUT2D eigenvalue weighted by molar-refractivity contribution is -0.109. The van der Waals surface area contributed by atoms with Crippen LogP contribution in [0.5, 0.6) is 11.5 Å². The standard InChI is InChI=1S/C12H16O5S/c1-7(13)18-6-10(15)12(16)8-3-4-11(17-2)9(14)5-8/h3-5,10,12,14-16H,6H2,1-2H3. The number of phenolic OH excluding ortho intramolecular Hbond substituents is 1. The molecule has 0 bridgehead atoms. The number of ether oxygens (including phenoxy) is 1. The third kappa shape index (κ3) is 3.90. The van der Waals surface area contributed by atoms with E-state index in [2.05, 4.69) is 0 Å². The molecule has 0 amide bonds. The summed E-state index contributed by atoms with van der Waals surface area (Å²) in [5.41, 5.74) is 0.366. The van der Waals surface area contributed by atoms with Gasteiger partial charge in [-0.05, 0) is 17.7 Å². The predicted molar refractivity (Wildman–Crippen MR) is 68.8 cm³/mol. The SMILES string of the molecule is COc1ccc(C(O)C(O)CSC(C)=O)cc1O. The third-order valence-corrected chi connectivity index (χ3v) is 3.28. The number of hydrogen-bond donors (Lipinski definition) is 3. The fourth-order valence-corrected chi connectivity index (χ4v) is 1.99. The van der Waals surface area contributed by atoms with Gasteiger partial charge in [-0.2, -0.15) is 0 Å². The first kappa shape index (κ1) is 14.8. The van der Waals surface area contributed by atoms with Crippen molar-refractivity contribution in [1.82, 2.24) is 0 Å². The normalized spacial score (nSPS) is 14.0. The molecule has 100 valence electrons. The van der Waals surface area contributed by atoms with Crippen molar-refractivity contribution in [1.29, 1.82) is 0 Å². The van der Waals surface area contributed by atoms with E-state index in [-0.39, 0.29) is 16.6 Å². The zero-order valence-electron chi connectivity index (χ0n) is 10.2. The summed E-state index contributed by atoms with van der Waals surface area (Å²) < 4.78 is 4.88. The molecule has 0 fully saturated rings. The predicted octanol–water partition coefficient (Wildman–Crippen LogP) is 1.07. The Kier molecular flexibility index (Phi) is 5.46. The highest BCUT2D eigenvalue weighted by atomic mass is 32.2. The molecule has 0 saturated carbocycles. The average molecular weight is 272 g/mol. The Bertz CT molecular complexity index is 421. The molecule has 6 heteroatoms. The molecule has 1 aromatic carbocycles. The fraction of sp³-hybridized carbons (Fsp3) is 0.417. The maximum Gasteiger partial charge on any atom is 0.185 e. The number of benzene rings is 1. The Morgan fingerprint density at radius 2 is 2.11 bits per heavy atom. The molecule has 0 aromatic heterocycles. The number of methoxy groups -OCH3 is 1. The zero-order valence-corrected chi connectivity index (χ0v) is 11.0. The molecule has 2 atom stereocenters. The summed E-state index contributed by atoms with van der Waals surface area (Å²) in [6.45, 7) is 1.39. The summed E-state index contributed by atoms with van der Waals surface area (Å²) in [6.07, 6.45) is -2.24. The fourth-order valence-electron chi connectivity index (χ4n) is 1.41. The largest absolute Gasteiger partial charge is 0.504 e. The van der Waals surface area contributed by atoms with Crippen molar-refractivity contribution in [3.8, 4) is 11.5 Å². The van der Waals surface area contributed by atoms with Crippen molar-refractivity contribution in [3.05, 3.63) is 23.8 Å². The smallest absolute Gasteiger partial charge is 0.185 e. The summed E-state index contributed by atoms with van der Waals surface area (Å²) in [4.78, 5) is 10.8. The van der Waals surface area contributed by atoms with Crippen LogP contribution in [0.1, 0.15) is 18.6 Å². The van der Waals surface area contributed by atoms with E-state index in [0.717, 1.165) is 11.8 Å². The van der Waals surface area contributed by atoms with Crippen LogP contribution in [0.4, 0.5) is 0 Å². The van der Waals surface area contributed by atoms with E-state index in [1.807, 2.05) is 0 Å². The minimum atomic E-state index is -1.16. The average Bonchev–Trinajstić information content (AvgIpc) is 2.34. The molecule has 18 heavy (non-hydrogen) atoms. The van der Waals surface area contributed by atoms with Crippen molar-refractivity contribution in [2.45, 2.75) is 19.1 Å². The monoisotopic (exact) mass is 272 g/mol. The molecule has 0 aliphatic rings. The van der Waals surface area contributed by atoms with Gasteiger partial charge in [-0.15, -0.1) is 0 Å². The molecule has 0 aliphatic heterocycles. The molecule has 3 N–H and O–H groups in total. The Hall–Kier alpha value is -1.24. The highest BCUT2D eigenvalue weighted by molar-refractivity contribution is 8.13. The summed E-state index contributed by atoms with van der Waals surface area (Å²) in [7, 11) is 1.42. The van der Waals surface area contributed by atoms with Gasteiger partial charge in [0, 0.05) is 12.7 Å². The number of thioether (sulfide) groups is 1. The molecule has 1 aromatic rings. The minimum absolute atomic E-state index is 0.100. The lowest BCUT2D eigenvalue weighted by atomic mass is 10.0. The van der Waals surface area contributed by atoms with Crippen molar-refractivity contribution >= 4 is 16.9 Å². The summed E-state index contributed by atoms with van der Waals surface area (Å²) in [5.74, 6) is 0.280. The second kappa shape index (κ2) is 6.63. The van der Waals surface area contributed by atoms with Gasteiger partial charge in [0.25, 0.3) is 0 Å². The number of phenols is 1. The van der Waals surface area contributed by atoms with Crippen molar-refractivity contribution < 1.29 is 24.9 Å². The van der Waals surface area contributed by atoms with Crippen LogP contribution in [0.3, 0.4) is 0 Å². The maximum absolute atomic E-state index is 10.8. The van der Waals surface area contributed by atoms with E-state index in [9.17, 15) is 20.1 Å². The van der Waals surface area contributed by atoms with Gasteiger partial charge in [-0.1, -0.05) is 17.8 Å². The molecular weight excluding hydrogens is 256 g/mol. The first-order valence-corrected chi connectivity index (χ1v) is 6.30. The Morgan fingerprint density at radius 3 is 2.61 bits per heavy atom. The molecule has 0 spiro atoms. The van der Waals surface area contributed by atoms with E-state index in [0.29, 0.717) is 11.3 Å². The number of aliphatic hydroxyl groups is 2. The van der Waals surface area contributed by atoms with Crippen LogP contribution in [0, 0.1) is 0 Å². The molecular formula is C12H16O5S. The molecule has 0 saturated heterocycles. The highest BCUT2D eigenvalue weighted by Crippen LogP contribution is 2.30. The van der Waals surface area contributed by atoms with E-state index in [1.165, 1.54) is 26.2 Å². The van der Waals surface area contributed by atoms with Crippen LogP contribution in [0.2, 0.25) is 0 Å². The Labute approximate surface area is 109 Å². The van der Waals surface area contributed by atoms with E-state index in [4.69, 9.17) is 4.74 Å². The first-order valence-electron chi connectivity index (χ1n) is 5.32. The summed E-state index contributed by atoms with van der Waals surface area (Å²) >= 11 is 0.938. The van der Waals surface area contributed by atoms with Gasteiger partial charge in [-0.25, -0.2) is 0 Å². The van der Waals surface area contributed by atoms with Gasteiger partial charge in [0.05, 0.1) is 13.2 Å². The van der Waals surface area contributed by atoms with Gasteiger partial charge in [-0.3, -0.25) is 4.79 Å². The van der Waals surface area contributed by atoms with Crippen LogP contribution in [0.15, 0.2) is 18.2 Å². The van der Waals surface area contributed by atoms with E-state index >= 15 is 0 Å². The second-order valence-corrected chi connectivity index (χ2v) is 4.94. The number of rotatable bonds is 5. The number of aromatic hydroxyl groups is 1. The van der Waals surface area contributed by atoms with Gasteiger partial charge < -0.3 is 20.1 Å². The van der Waals surface area contributed by atoms with Gasteiger partial charge >= 0.3 is 0 Å². The maximum atomic E-state index is 10.8. The van der Waals surface area contributed by atoms with E-state index in [1.54, 1.807) is 6.07 Å². The minimum Gasteiger partial charge on any atom is -0.504 e. The number of carbonyl (C=O) groups is 1. The molecule has 5 nitrogen and oxygen atoms in total. The second-order valence-electron chi connectivity index (χ2n) is 3.75. The van der Waals surface area contributed by atoms with Crippen LogP contribution in [-0.4, -0.2) is 39.4 Å². The van der Waals surface area contributed by atoms with Gasteiger partial charge in [0.1, 0.15) is 6.10 Å². The van der Waals surface area contributed by atoms with Gasteiger partial charge in [0.15, 0.2) is 16.6 Å². The number of hydrogen-bond acceptors (Lipinski definition) is 6. The van der Waals surface area contributed by atoms with Crippen LogP contribution in [0.25, 0.3) is 0 Å². The lowest BCUT2D eigenvalue weighted by Crippen LogP contribution is -2.21. The number of aliphatic hydroxyl groups excluding tert-OH is 2. The van der Waals surface area contributed by atoms with Crippen molar-refractivity contribution in [2.75, 3.05) is 12.9 Å². The van der Waals surface area contributed by atoms with Crippen LogP contribution >= 0.6 is 11.8 Å².